The lowest BCUT2D eigenvalue weighted by Gasteiger charge is -2.21. The van der Waals surface area contributed by atoms with E-state index < -0.39 is 30.1 Å². The summed E-state index contributed by atoms with van der Waals surface area (Å²) in [6, 6.07) is -1.65. The molecule has 1 aliphatic heterocycles. The SMILES string of the molecule is CC(=O)NCC1OC(=O)C(NC(C)=O)C1NC(C)=O. The molecule has 0 bridgehead atoms. The smallest absolute Gasteiger partial charge is 0.331 e. The third-order valence-electron chi connectivity index (χ3n) is 2.56. The number of cyclic esters (lactones) is 1. The number of carbonyl (C=O) groups excluding carboxylic acids is 4. The number of hydrogen-bond acceptors (Lipinski definition) is 5. The van der Waals surface area contributed by atoms with Crippen molar-refractivity contribution in [2.24, 2.45) is 0 Å². The van der Waals surface area contributed by atoms with Crippen molar-refractivity contribution in [1.82, 2.24) is 16.0 Å². The van der Waals surface area contributed by atoms with Crippen LogP contribution >= 0.6 is 0 Å². The van der Waals surface area contributed by atoms with Crippen molar-refractivity contribution in [2.75, 3.05) is 6.54 Å². The van der Waals surface area contributed by atoms with Crippen molar-refractivity contribution in [3.63, 3.8) is 0 Å². The van der Waals surface area contributed by atoms with Crippen LogP contribution in [0, 0.1) is 0 Å². The van der Waals surface area contributed by atoms with Crippen LogP contribution in [0.5, 0.6) is 0 Å². The maximum Gasteiger partial charge on any atom is 0.331 e. The van der Waals surface area contributed by atoms with Gasteiger partial charge in [0.05, 0.1) is 12.6 Å². The van der Waals surface area contributed by atoms with Gasteiger partial charge in [-0.15, -0.1) is 0 Å². The van der Waals surface area contributed by atoms with Crippen molar-refractivity contribution < 1.29 is 23.9 Å². The fourth-order valence-corrected chi connectivity index (χ4v) is 1.85. The molecule has 0 spiro atoms. The van der Waals surface area contributed by atoms with Gasteiger partial charge in [-0.25, -0.2) is 4.79 Å². The summed E-state index contributed by atoms with van der Waals surface area (Å²) >= 11 is 0. The lowest BCUT2D eigenvalue weighted by atomic mass is 10.1. The van der Waals surface area contributed by atoms with Crippen molar-refractivity contribution in [3.8, 4) is 0 Å². The predicted octanol–water partition coefficient (Wildman–Crippen LogP) is -1.94. The highest BCUT2D eigenvalue weighted by Gasteiger charge is 2.45. The molecule has 0 aliphatic carbocycles. The van der Waals surface area contributed by atoms with Crippen molar-refractivity contribution in [1.29, 1.82) is 0 Å². The Bertz CT molecular complexity index is 409. The normalized spacial score (nSPS) is 25.4. The van der Waals surface area contributed by atoms with Crippen LogP contribution in [0.15, 0.2) is 0 Å². The highest BCUT2D eigenvalue weighted by molar-refractivity contribution is 5.87. The molecule has 1 fully saturated rings. The molecular weight excluding hydrogens is 254 g/mol. The lowest BCUT2D eigenvalue weighted by Crippen LogP contribution is -2.55. The number of rotatable bonds is 4. The Hall–Kier alpha value is -2.12. The molecular formula is C11H17N3O5. The van der Waals surface area contributed by atoms with E-state index in [2.05, 4.69) is 16.0 Å². The largest absolute Gasteiger partial charge is 0.457 e. The number of esters is 1. The van der Waals surface area contributed by atoms with Crippen LogP contribution < -0.4 is 16.0 Å². The zero-order valence-corrected chi connectivity index (χ0v) is 11.0. The first-order valence-corrected chi connectivity index (χ1v) is 5.80. The Morgan fingerprint density at radius 3 is 2.11 bits per heavy atom. The summed E-state index contributed by atoms with van der Waals surface area (Å²) in [5.41, 5.74) is 0. The molecule has 3 atom stereocenters. The molecule has 1 aliphatic rings. The van der Waals surface area contributed by atoms with Crippen LogP contribution in [0.25, 0.3) is 0 Å². The molecule has 1 heterocycles. The zero-order valence-electron chi connectivity index (χ0n) is 11.0. The number of ether oxygens (including phenoxy) is 1. The van der Waals surface area contributed by atoms with Crippen LogP contribution in [-0.4, -0.2) is 48.4 Å². The Morgan fingerprint density at radius 2 is 1.63 bits per heavy atom. The molecule has 8 nitrogen and oxygen atoms in total. The minimum Gasteiger partial charge on any atom is -0.457 e. The van der Waals surface area contributed by atoms with Gasteiger partial charge in [-0.2, -0.15) is 0 Å². The third kappa shape index (κ3) is 4.23. The van der Waals surface area contributed by atoms with E-state index in [1.54, 1.807) is 0 Å². The van der Waals surface area contributed by atoms with E-state index in [-0.39, 0.29) is 18.4 Å². The quantitative estimate of drug-likeness (QED) is 0.515. The molecule has 0 saturated carbocycles. The molecule has 0 radical (unpaired) electrons. The first-order chi connectivity index (χ1) is 8.81. The molecule has 0 aromatic heterocycles. The minimum absolute atomic E-state index is 0.0715. The fourth-order valence-electron chi connectivity index (χ4n) is 1.85. The van der Waals surface area contributed by atoms with E-state index in [4.69, 9.17) is 4.74 Å². The molecule has 0 aromatic carbocycles. The molecule has 0 aromatic rings. The maximum atomic E-state index is 11.7. The van der Waals surface area contributed by atoms with Gasteiger partial charge in [-0.1, -0.05) is 0 Å². The van der Waals surface area contributed by atoms with Gasteiger partial charge in [0, 0.05) is 20.8 Å². The molecule has 1 rings (SSSR count). The molecule has 106 valence electrons. The van der Waals surface area contributed by atoms with Crippen molar-refractivity contribution in [2.45, 2.75) is 39.0 Å². The highest BCUT2D eigenvalue weighted by atomic mass is 16.6. The summed E-state index contributed by atoms with van der Waals surface area (Å²) in [6.45, 7) is 3.96. The van der Waals surface area contributed by atoms with E-state index in [9.17, 15) is 19.2 Å². The van der Waals surface area contributed by atoms with Gasteiger partial charge in [-0.05, 0) is 0 Å². The Labute approximate surface area is 110 Å². The lowest BCUT2D eigenvalue weighted by molar-refractivity contribution is -0.144. The summed E-state index contributed by atoms with van der Waals surface area (Å²) in [5, 5.41) is 7.48. The van der Waals surface area contributed by atoms with Gasteiger partial charge >= 0.3 is 5.97 Å². The summed E-state index contributed by atoms with van der Waals surface area (Å²) in [6.07, 6.45) is -0.711. The average molecular weight is 271 g/mol. The fraction of sp³-hybridized carbons (Fsp3) is 0.636. The Morgan fingerprint density at radius 1 is 1.05 bits per heavy atom. The number of amides is 3. The Balaban J connectivity index is 2.79. The summed E-state index contributed by atoms with van der Waals surface area (Å²) in [5.74, 6) is -1.67. The van der Waals surface area contributed by atoms with Gasteiger partial charge in [0.2, 0.25) is 17.7 Å². The van der Waals surface area contributed by atoms with Crippen LogP contribution in [0.4, 0.5) is 0 Å². The van der Waals surface area contributed by atoms with E-state index >= 15 is 0 Å². The zero-order chi connectivity index (χ0) is 14.6. The van der Waals surface area contributed by atoms with E-state index in [0.29, 0.717) is 0 Å². The topological polar surface area (TPSA) is 114 Å². The second-order valence-corrected chi connectivity index (χ2v) is 4.32. The van der Waals surface area contributed by atoms with Gasteiger partial charge < -0.3 is 20.7 Å². The van der Waals surface area contributed by atoms with E-state index in [1.165, 1.54) is 20.8 Å². The Kier molecular flexibility index (Phi) is 4.85. The van der Waals surface area contributed by atoms with Crippen LogP contribution in [-0.2, 0) is 23.9 Å². The summed E-state index contributed by atoms with van der Waals surface area (Å²) < 4.78 is 5.06. The van der Waals surface area contributed by atoms with Crippen molar-refractivity contribution in [3.05, 3.63) is 0 Å². The van der Waals surface area contributed by atoms with E-state index in [1.807, 2.05) is 0 Å². The molecule has 3 unspecified atom stereocenters. The molecule has 3 amide bonds. The first kappa shape index (κ1) is 14.9. The van der Waals surface area contributed by atoms with Crippen LogP contribution in [0.1, 0.15) is 20.8 Å². The van der Waals surface area contributed by atoms with Gasteiger partial charge in [0.15, 0.2) is 6.04 Å². The molecule has 8 heteroatoms. The standard InChI is InChI=1S/C11H17N3O5/c1-5(15)12-4-8-9(13-6(2)16)10(11(18)19-8)14-7(3)17/h8-10H,4H2,1-3H3,(H,12,15)(H,13,16)(H,14,17). The van der Waals surface area contributed by atoms with Gasteiger partial charge in [0.1, 0.15) is 6.10 Å². The molecule has 1 saturated heterocycles. The number of nitrogens with one attached hydrogen (secondary N) is 3. The first-order valence-electron chi connectivity index (χ1n) is 5.80. The van der Waals surface area contributed by atoms with Crippen LogP contribution in [0.2, 0.25) is 0 Å². The summed E-state index contributed by atoms with van der Waals surface area (Å²) in [4.78, 5) is 44.7. The second-order valence-electron chi connectivity index (χ2n) is 4.32. The number of hydrogen-bond donors (Lipinski definition) is 3. The monoisotopic (exact) mass is 271 g/mol. The van der Waals surface area contributed by atoms with Crippen LogP contribution in [0.3, 0.4) is 0 Å². The second kappa shape index (κ2) is 6.17. The number of carbonyl (C=O) groups is 4. The predicted molar refractivity (Wildman–Crippen MR) is 63.8 cm³/mol. The third-order valence-corrected chi connectivity index (χ3v) is 2.56. The summed E-state index contributed by atoms with van der Waals surface area (Å²) in [7, 11) is 0. The van der Waals surface area contributed by atoms with E-state index in [0.717, 1.165) is 0 Å². The maximum absolute atomic E-state index is 11.7. The van der Waals surface area contributed by atoms with Gasteiger partial charge in [-0.3, -0.25) is 14.4 Å². The molecule has 3 N–H and O–H groups in total. The molecule has 19 heavy (non-hydrogen) atoms. The minimum atomic E-state index is -0.944. The van der Waals surface area contributed by atoms with Crippen molar-refractivity contribution >= 4 is 23.7 Å². The average Bonchev–Trinajstić information content (AvgIpc) is 2.53. The van der Waals surface area contributed by atoms with Gasteiger partial charge in [0.25, 0.3) is 0 Å². The highest BCUT2D eigenvalue weighted by Crippen LogP contribution is 2.16.